The Balaban J connectivity index is 1.63. The molecule has 0 fully saturated rings. The van der Waals surface area contributed by atoms with Gasteiger partial charge in [-0.15, -0.1) is 0 Å². The van der Waals surface area contributed by atoms with Crippen LogP contribution in [0.25, 0.3) is 11.0 Å². The van der Waals surface area contributed by atoms with Gasteiger partial charge in [0.15, 0.2) is 0 Å². The number of aliphatic hydroxyl groups is 1. The van der Waals surface area contributed by atoms with Crippen molar-refractivity contribution in [1.82, 2.24) is 15.3 Å². The largest absolute Gasteiger partial charge is 0.396 e. The third-order valence-corrected chi connectivity index (χ3v) is 4.01. The summed E-state index contributed by atoms with van der Waals surface area (Å²) in [6.45, 7) is -0.109. The predicted octanol–water partition coefficient (Wildman–Crippen LogP) is 2.42. The monoisotopic (exact) mass is 345 g/mol. The summed E-state index contributed by atoms with van der Waals surface area (Å²) in [6, 6.07) is 8.26. The van der Waals surface area contributed by atoms with Gasteiger partial charge in [-0.1, -0.05) is 0 Å². The topological polar surface area (TPSA) is 78.0 Å². The van der Waals surface area contributed by atoms with Crippen LogP contribution in [0.1, 0.15) is 15.9 Å². The summed E-state index contributed by atoms with van der Waals surface area (Å²) in [6.07, 6.45) is 1.67. The number of H-pyrrole nitrogens is 1. The Kier molecular flexibility index (Phi) is 5.04. The molecule has 1 amide bonds. The minimum Gasteiger partial charge on any atom is -0.396 e. The average molecular weight is 345 g/mol. The van der Waals surface area contributed by atoms with Gasteiger partial charge in [0, 0.05) is 24.6 Å². The van der Waals surface area contributed by atoms with Crippen LogP contribution >= 0.6 is 0 Å². The van der Waals surface area contributed by atoms with E-state index >= 15 is 0 Å². The molecule has 0 aliphatic rings. The lowest BCUT2D eigenvalue weighted by molar-refractivity contribution is 0.0940. The van der Waals surface area contributed by atoms with E-state index < -0.39 is 17.6 Å². The van der Waals surface area contributed by atoms with Crippen molar-refractivity contribution in [1.29, 1.82) is 0 Å². The van der Waals surface area contributed by atoms with Gasteiger partial charge in [0.25, 0.3) is 5.91 Å². The molecule has 1 heterocycles. The fraction of sp³-hybridized carbons (Fsp3) is 0.222. The summed E-state index contributed by atoms with van der Waals surface area (Å²) in [5.74, 6) is -1.80. The summed E-state index contributed by atoms with van der Waals surface area (Å²) in [5.41, 5.74) is 2.12. The zero-order valence-corrected chi connectivity index (χ0v) is 13.3. The highest BCUT2D eigenvalue weighted by atomic mass is 19.1. The number of carbonyl (C=O) groups is 1. The van der Waals surface area contributed by atoms with Crippen LogP contribution in [0.3, 0.4) is 0 Å². The molecule has 7 heteroatoms. The van der Waals surface area contributed by atoms with Gasteiger partial charge in [0.2, 0.25) is 0 Å². The van der Waals surface area contributed by atoms with Crippen molar-refractivity contribution in [3.05, 3.63) is 65.5 Å². The average Bonchev–Trinajstić information content (AvgIpc) is 3.08. The molecule has 2 aromatic carbocycles. The highest BCUT2D eigenvalue weighted by Crippen LogP contribution is 2.15. The third-order valence-electron chi connectivity index (χ3n) is 4.01. The number of aromatic amines is 1. The van der Waals surface area contributed by atoms with Crippen molar-refractivity contribution in [2.24, 2.45) is 5.92 Å². The van der Waals surface area contributed by atoms with Crippen LogP contribution < -0.4 is 5.32 Å². The zero-order valence-electron chi connectivity index (χ0n) is 13.3. The number of benzene rings is 2. The van der Waals surface area contributed by atoms with Crippen molar-refractivity contribution < 1.29 is 18.7 Å². The summed E-state index contributed by atoms with van der Waals surface area (Å²) in [4.78, 5) is 19.3. The van der Waals surface area contributed by atoms with Crippen molar-refractivity contribution in [2.45, 2.75) is 6.42 Å². The van der Waals surface area contributed by atoms with E-state index in [1.807, 2.05) is 0 Å². The molecule has 3 rings (SSSR count). The minimum atomic E-state index is -0.537. The SMILES string of the molecule is O=C(NC[C@H](CO)Cc1cc(F)ccc1F)c1ccc2nc[nH]c2c1. The van der Waals surface area contributed by atoms with Crippen LogP contribution in [0.15, 0.2) is 42.7 Å². The molecular formula is C18H17F2N3O2. The summed E-state index contributed by atoms with van der Waals surface area (Å²) in [5, 5.41) is 12.2. The number of aromatic nitrogens is 2. The van der Waals surface area contributed by atoms with E-state index in [1.165, 1.54) is 0 Å². The third kappa shape index (κ3) is 4.00. The highest BCUT2D eigenvalue weighted by molar-refractivity contribution is 5.97. The maximum atomic E-state index is 13.7. The number of hydrogen-bond acceptors (Lipinski definition) is 3. The van der Waals surface area contributed by atoms with Crippen LogP contribution in [-0.2, 0) is 6.42 Å². The first-order valence-corrected chi connectivity index (χ1v) is 7.83. The van der Waals surface area contributed by atoms with E-state index in [-0.39, 0.29) is 31.0 Å². The minimum absolute atomic E-state index is 0.125. The maximum Gasteiger partial charge on any atom is 0.251 e. The number of rotatable bonds is 6. The molecule has 0 saturated carbocycles. The number of carbonyl (C=O) groups excluding carboxylic acids is 1. The first-order valence-electron chi connectivity index (χ1n) is 7.83. The van der Waals surface area contributed by atoms with Gasteiger partial charge >= 0.3 is 0 Å². The molecule has 3 aromatic rings. The van der Waals surface area contributed by atoms with E-state index in [9.17, 15) is 18.7 Å². The number of halogens is 2. The lowest BCUT2D eigenvalue weighted by atomic mass is 9.99. The number of nitrogens with zero attached hydrogens (tertiary/aromatic N) is 1. The normalized spacial score (nSPS) is 12.3. The molecule has 0 unspecified atom stereocenters. The van der Waals surface area contributed by atoms with Gasteiger partial charge in [-0.3, -0.25) is 4.79 Å². The quantitative estimate of drug-likeness (QED) is 0.642. The second-order valence-corrected chi connectivity index (χ2v) is 5.83. The number of imidazole rings is 1. The van der Waals surface area contributed by atoms with Crippen molar-refractivity contribution in [2.75, 3.05) is 13.2 Å². The Bertz CT molecular complexity index is 895. The smallest absolute Gasteiger partial charge is 0.251 e. The Labute approximate surface area is 142 Å². The zero-order chi connectivity index (χ0) is 17.8. The molecule has 0 radical (unpaired) electrons. The standard InChI is InChI=1S/C18H17F2N3O2/c19-14-2-3-15(20)13(6-14)5-11(9-24)8-21-18(25)12-1-4-16-17(7-12)23-10-22-16/h1-4,6-7,10-11,24H,5,8-9H2,(H,21,25)(H,22,23)/t11-/m1/s1. The van der Waals surface area contributed by atoms with E-state index in [4.69, 9.17) is 0 Å². The Morgan fingerprint density at radius 2 is 2.08 bits per heavy atom. The van der Waals surface area contributed by atoms with Gasteiger partial charge in [0.05, 0.1) is 17.4 Å². The lowest BCUT2D eigenvalue weighted by Gasteiger charge is -2.16. The highest BCUT2D eigenvalue weighted by Gasteiger charge is 2.15. The van der Waals surface area contributed by atoms with Crippen LogP contribution in [0.4, 0.5) is 8.78 Å². The first-order chi connectivity index (χ1) is 12.1. The molecule has 0 bridgehead atoms. The molecule has 1 atom stereocenters. The number of aliphatic hydroxyl groups excluding tert-OH is 1. The van der Waals surface area contributed by atoms with Crippen molar-refractivity contribution >= 4 is 16.9 Å². The first kappa shape index (κ1) is 17.0. The van der Waals surface area contributed by atoms with Crippen molar-refractivity contribution in [3.8, 4) is 0 Å². The summed E-state index contributed by atoms with van der Waals surface area (Å²) >= 11 is 0. The lowest BCUT2D eigenvalue weighted by Crippen LogP contribution is -2.32. The van der Waals surface area contributed by atoms with Gasteiger partial charge in [-0.05, 0) is 48.4 Å². The summed E-state index contributed by atoms with van der Waals surface area (Å²) < 4.78 is 26.9. The Hall–Kier alpha value is -2.80. The maximum absolute atomic E-state index is 13.7. The second-order valence-electron chi connectivity index (χ2n) is 5.83. The molecule has 0 saturated heterocycles. The van der Waals surface area contributed by atoms with Crippen LogP contribution in [0.2, 0.25) is 0 Å². The molecule has 5 nitrogen and oxygen atoms in total. The Morgan fingerprint density at radius 3 is 2.88 bits per heavy atom. The fourth-order valence-corrected chi connectivity index (χ4v) is 2.63. The molecule has 25 heavy (non-hydrogen) atoms. The molecule has 130 valence electrons. The fourth-order valence-electron chi connectivity index (χ4n) is 2.63. The van der Waals surface area contributed by atoms with Crippen LogP contribution in [-0.4, -0.2) is 34.1 Å². The number of fused-ring (bicyclic) bond motifs is 1. The molecule has 1 aromatic heterocycles. The number of nitrogens with one attached hydrogen (secondary N) is 2. The van der Waals surface area contributed by atoms with E-state index in [1.54, 1.807) is 24.5 Å². The van der Waals surface area contributed by atoms with Gasteiger partial charge in [-0.2, -0.15) is 0 Å². The number of amides is 1. The van der Waals surface area contributed by atoms with Gasteiger partial charge < -0.3 is 15.4 Å². The van der Waals surface area contributed by atoms with Gasteiger partial charge in [-0.25, -0.2) is 13.8 Å². The molecule has 0 aliphatic carbocycles. The molecule has 0 spiro atoms. The summed E-state index contributed by atoms with van der Waals surface area (Å²) in [7, 11) is 0. The van der Waals surface area contributed by atoms with E-state index in [0.29, 0.717) is 5.56 Å². The van der Waals surface area contributed by atoms with E-state index in [2.05, 4.69) is 15.3 Å². The van der Waals surface area contributed by atoms with Crippen molar-refractivity contribution in [3.63, 3.8) is 0 Å². The Morgan fingerprint density at radius 1 is 1.24 bits per heavy atom. The van der Waals surface area contributed by atoms with Gasteiger partial charge in [0.1, 0.15) is 11.6 Å². The molecule has 3 N–H and O–H groups in total. The number of hydrogen-bond donors (Lipinski definition) is 3. The van der Waals surface area contributed by atoms with Crippen LogP contribution in [0.5, 0.6) is 0 Å². The predicted molar refractivity (Wildman–Crippen MR) is 89.1 cm³/mol. The molecular weight excluding hydrogens is 328 g/mol. The molecule has 0 aliphatic heterocycles. The van der Waals surface area contributed by atoms with E-state index in [0.717, 1.165) is 29.2 Å². The van der Waals surface area contributed by atoms with Crippen LogP contribution in [0, 0.1) is 17.6 Å². The second kappa shape index (κ2) is 7.40.